The number of carbonyl (C=O) groups is 1. The highest BCUT2D eigenvalue weighted by atomic mass is 19.4. The van der Waals surface area contributed by atoms with E-state index in [-0.39, 0.29) is 30.9 Å². The molecule has 0 unspecified atom stereocenters. The van der Waals surface area contributed by atoms with E-state index in [1.165, 1.54) is 0 Å². The van der Waals surface area contributed by atoms with Gasteiger partial charge in [-0.15, -0.1) is 0 Å². The predicted octanol–water partition coefficient (Wildman–Crippen LogP) is 2.30. The Hall–Kier alpha value is -1.61. The Morgan fingerprint density at radius 3 is 2.42 bits per heavy atom. The summed E-state index contributed by atoms with van der Waals surface area (Å²) in [5.41, 5.74) is -2.19. The van der Waals surface area contributed by atoms with Crippen molar-refractivity contribution >= 4 is 11.8 Å². The van der Waals surface area contributed by atoms with Gasteiger partial charge in [0.2, 0.25) is 11.8 Å². The fraction of sp³-hybridized carbons (Fsp3) is 0.733. The van der Waals surface area contributed by atoms with Gasteiger partial charge in [-0.05, 0) is 12.8 Å². The van der Waals surface area contributed by atoms with Crippen molar-refractivity contribution in [3.8, 4) is 0 Å². The molecule has 0 aromatic carbocycles. The van der Waals surface area contributed by atoms with E-state index in [1.807, 2.05) is 20.8 Å². The highest BCUT2D eigenvalue weighted by Gasteiger charge is 2.54. The second kappa shape index (κ2) is 6.36. The molecule has 1 saturated heterocycles. The van der Waals surface area contributed by atoms with E-state index in [0.717, 1.165) is 0 Å². The molecule has 1 aliphatic heterocycles. The highest BCUT2D eigenvalue weighted by molar-refractivity contribution is 5.91. The van der Waals surface area contributed by atoms with Gasteiger partial charge >= 0.3 is 6.18 Å². The van der Waals surface area contributed by atoms with Gasteiger partial charge in [-0.25, -0.2) is 0 Å². The van der Waals surface area contributed by atoms with Gasteiger partial charge < -0.3 is 9.63 Å². The average Bonchev–Trinajstić information content (AvgIpc) is 2.88. The number of aromatic nitrogens is 1. The molecule has 0 aliphatic carbocycles. The Morgan fingerprint density at radius 1 is 1.38 bits per heavy atom. The van der Waals surface area contributed by atoms with Crippen LogP contribution >= 0.6 is 0 Å². The number of halogens is 3. The standard InChI is InChI=1S/C15H22F3N3O3/c1-13(2,3)10-8-12(24-20-10)19-11(22)9-21-6-4-14(23,5-7-21)15(16,17)18/h8,23H,4-7,9H2,1-3H3,(H,19,22). The van der Waals surface area contributed by atoms with E-state index in [4.69, 9.17) is 4.52 Å². The van der Waals surface area contributed by atoms with Crippen molar-refractivity contribution in [2.45, 2.75) is 50.8 Å². The maximum atomic E-state index is 12.7. The van der Waals surface area contributed by atoms with Crippen LogP contribution in [-0.4, -0.2) is 52.5 Å². The van der Waals surface area contributed by atoms with E-state index < -0.39 is 30.5 Å². The third-order valence-corrected chi connectivity index (χ3v) is 4.12. The number of amides is 1. The number of hydrogen-bond donors (Lipinski definition) is 2. The zero-order chi connectivity index (χ0) is 18.2. The summed E-state index contributed by atoms with van der Waals surface area (Å²) in [4.78, 5) is 13.5. The van der Waals surface area contributed by atoms with Crippen LogP contribution in [0.3, 0.4) is 0 Å². The molecular formula is C15H22F3N3O3. The van der Waals surface area contributed by atoms with Crippen molar-refractivity contribution in [2.24, 2.45) is 0 Å². The number of hydrogen-bond acceptors (Lipinski definition) is 5. The summed E-state index contributed by atoms with van der Waals surface area (Å²) in [6.07, 6.45) is -5.54. The second-order valence-corrected chi connectivity index (χ2v) is 7.18. The van der Waals surface area contributed by atoms with Crippen molar-refractivity contribution in [3.63, 3.8) is 0 Å². The number of anilines is 1. The molecule has 1 amide bonds. The quantitative estimate of drug-likeness (QED) is 0.875. The Labute approximate surface area is 138 Å². The minimum atomic E-state index is -4.65. The summed E-state index contributed by atoms with van der Waals surface area (Å²) in [6, 6.07) is 1.62. The van der Waals surface area contributed by atoms with Gasteiger partial charge in [0.1, 0.15) is 0 Å². The number of rotatable bonds is 3. The summed E-state index contributed by atoms with van der Waals surface area (Å²) >= 11 is 0. The Bertz CT molecular complexity index is 585. The lowest BCUT2D eigenvalue weighted by molar-refractivity contribution is -0.272. The van der Waals surface area contributed by atoms with E-state index in [1.54, 1.807) is 11.0 Å². The Morgan fingerprint density at radius 2 is 1.96 bits per heavy atom. The van der Waals surface area contributed by atoms with Crippen molar-refractivity contribution in [1.82, 2.24) is 10.1 Å². The van der Waals surface area contributed by atoms with Crippen LogP contribution in [0.15, 0.2) is 10.6 Å². The minimum Gasteiger partial charge on any atom is -0.380 e. The third-order valence-electron chi connectivity index (χ3n) is 4.12. The first-order valence-corrected chi connectivity index (χ1v) is 7.69. The van der Waals surface area contributed by atoms with Gasteiger partial charge in [-0.1, -0.05) is 25.9 Å². The van der Waals surface area contributed by atoms with E-state index in [0.29, 0.717) is 5.69 Å². The second-order valence-electron chi connectivity index (χ2n) is 7.18. The molecule has 2 rings (SSSR count). The smallest absolute Gasteiger partial charge is 0.380 e. The molecule has 1 aromatic rings. The summed E-state index contributed by atoms with van der Waals surface area (Å²) in [6.45, 7) is 5.77. The van der Waals surface area contributed by atoms with Crippen LogP contribution in [0.25, 0.3) is 0 Å². The molecule has 9 heteroatoms. The molecular weight excluding hydrogens is 327 g/mol. The SMILES string of the molecule is CC(C)(C)c1cc(NC(=O)CN2CCC(O)(C(F)(F)F)CC2)on1. The van der Waals surface area contributed by atoms with Gasteiger partial charge in [0.15, 0.2) is 5.60 Å². The summed E-state index contributed by atoms with van der Waals surface area (Å²) in [5.74, 6) is -0.196. The molecule has 0 atom stereocenters. The van der Waals surface area contributed by atoms with Crippen LogP contribution in [0.4, 0.5) is 19.1 Å². The van der Waals surface area contributed by atoms with Crippen molar-refractivity contribution in [2.75, 3.05) is 25.0 Å². The number of piperidine rings is 1. The zero-order valence-corrected chi connectivity index (χ0v) is 13.9. The maximum Gasteiger partial charge on any atom is 0.417 e. The van der Waals surface area contributed by atoms with Gasteiger partial charge in [0.05, 0.1) is 12.2 Å². The number of nitrogens with one attached hydrogen (secondary N) is 1. The van der Waals surface area contributed by atoms with E-state index in [9.17, 15) is 23.1 Å². The summed E-state index contributed by atoms with van der Waals surface area (Å²) in [7, 11) is 0. The molecule has 0 bridgehead atoms. The monoisotopic (exact) mass is 349 g/mol. The van der Waals surface area contributed by atoms with Crippen LogP contribution in [0.1, 0.15) is 39.3 Å². The van der Waals surface area contributed by atoms with Crippen molar-refractivity contribution in [3.05, 3.63) is 11.8 Å². The highest BCUT2D eigenvalue weighted by Crippen LogP contribution is 2.38. The first-order valence-electron chi connectivity index (χ1n) is 7.69. The third kappa shape index (κ3) is 4.27. The number of alkyl halides is 3. The molecule has 2 heterocycles. The fourth-order valence-corrected chi connectivity index (χ4v) is 2.43. The zero-order valence-electron chi connectivity index (χ0n) is 13.9. The van der Waals surface area contributed by atoms with Gasteiger partial charge in [-0.3, -0.25) is 15.0 Å². The lowest BCUT2D eigenvalue weighted by atomic mass is 9.91. The van der Waals surface area contributed by atoms with Crippen molar-refractivity contribution < 1.29 is 27.6 Å². The average molecular weight is 349 g/mol. The van der Waals surface area contributed by atoms with Crippen LogP contribution < -0.4 is 5.32 Å². The fourth-order valence-electron chi connectivity index (χ4n) is 2.43. The Kier molecular flexibility index (Phi) is 4.96. The molecule has 136 valence electrons. The van der Waals surface area contributed by atoms with Crippen molar-refractivity contribution in [1.29, 1.82) is 0 Å². The molecule has 0 radical (unpaired) electrons. The molecule has 6 nitrogen and oxygen atoms in total. The maximum absolute atomic E-state index is 12.7. The van der Waals surface area contributed by atoms with Gasteiger partial charge in [-0.2, -0.15) is 13.2 Å². The molecule has 1 aromatic heterocycles. The van der Waals surface area contributed by atoms with Crippen LogP contribution in [0, 0.1) is 0 Å². The van der Waals surface area contributed by atoms with E-state index >= 15 is 0 Å². The minimum absolute atomic E-state index is 0.00687. The van der Waals surface area contributed by atoms with Crippen LogP contribution in [0.2, 0.25) is 0 Å². The van der Waals surface area contributed by atoms with Gasteiger partial charge in [0.25, 0.3) is 0 Å². The molecule has 0 spiro atoms. The normalized spacial score (nSPS) is 19.3. The molecule has 1 fully saturated rings. The number of likely N-dealkylation sites (tertiary alicyclic amines) is 1. The lowest BCUT2D eigenvalue weighted by Crippen LogP contribution is -2.54. The number of nitrogens with zero attached hydrogens (tertiary/aromatic N) is 2. The van der Waals surface area contributed by atoms with E-state index in [2.05, 4.69) is 10.5 Å². The van der Waals surface area contributed by atoms with Crippen LogP contribution in [-0.2, 0) is 10.2 Å². The van der Waals surface area contributed by atoms with Gasteiger partial charge in [0, 0.05) is 24.6 Å². The number of carbonyl (C=O) groups excluding carboxylic acids is 1. The lowest BCUT2D eigenvalue weighted by Gasteiger charge is -2.38. The first-order chi connectivity index (χ1) is 10.9. The molecule has 2 N–H and O–H groups in total. The summed E-state index contributed by atoms with van der Waals surface area (Å²) < 4.78 is 43.2. The Balaban J connectivity index is 1.85. The van der Waals surface area contributed by atoms with Crippen LogP contribution in [0.5, 0.6) is 0 Å². The largest absolute Gasteiger partial charge is 0.417 e. The molecule has 0 saturated carbocycles. The topological polar surface area (TPSA) is 78.6 Å². The summed E-state index contributed by atoms with van der Waals surface area (Å²) in [5, 5.41) is 16.0. The first kappa shape index (κ1) is 18.7. The molecule has 1 aliphatic rings. The molecule has 24 heavy (non-hydrogen) atoms. The predicted molar refractivity (Wildman–Crippen MR) is 80.5 cm³/mol. The number of aliphatic hydroxyl groups is 1.